The van der Waals surface area contributed by atoms with Gasteiger partial charge >= 0.3 is 0 Å². The van der Waals surface area contributed by atoms with E-state index in [1.165, 1.54) is 109 Å². The zero-order valence-corrected chi connectivity index (χ0v) is 18.4. The molecule has 0 aromatic heterocycles. The number of aliphatic hydroxyl groups is 1. The second-order valence-electron chi connectivity index (χ2n) is 8.69. The van der Waals surface area contributed by atoms with Gasteiger partial charge in [-0.05, 0) is 6.04 Å². The molecule has 24 heavy (non-hydrogen) atoms. The summed E-state index contributed by atoms with van der Waals surface area (Å²) in [6.07, 6.45) is 23.1. The molecule has 0 saturated carbocycles. The van der Waals surface area contributed by atoms with Crippen LogP contribution in [0, 0.1) is 0 Å². The maximum absolute atomic E-state index is 9.07. The molecule has 0 amide bonds. The summed E-state index contributed by atoms with van der Waals surface area (Å²) in [4.78, 5) is 0. The van der Waals surface area contributed by atoms with E-state index in [4.69, 9.17) is 5.11 Å². The fraction of sp³-hybridized carbons (Fsp3) is 1.00. The Labute approximate surface area is 155 Å². The summed E-state index contributed by atoms with van der Waals surface area (Å²) in [5.41, 5.74) is 0. The quantitative estimate of drug-likeness (QED) is 0.184. The molecule has 0 rings (SSSR count). The highest BCUT2D eigenvalue weighted by Crippen LogP contribution is 2.20. The van der Waals surface area contributed by atoms with Gasteiger partial charge in [0.2, 0.25) is 0 Å². The van der Waals surface area contributed by atoms with Crippen LogP contribution in [0.1, 0.15) is 110 Å². The van der Waals surface area contributed by atoms with Gasteiger partial charge in [0, 0.05) is 14.7 Å². The number of hydrogen-bond acceptors (Lipinski definition) is 1. The Bertz CT molecular complexity index is 240. The predicted molar refractivity (Wildman–Crippen MR) is 114 cm³/mol. The molecule has 0 fully saturated rings. The van der Waals surface area contributed by atoms with Gasteiger partial charge in [0.25, 0.3) is 0 Å². The van der Waals surface area contributed by atoms with Crippen molar-refractivity contribution in [2.45, 2.75) is 135 Å². The summed E-state index contributed by atoms with van der Waals surface area (Å²) < 4.78 is 0. The second kappa shape index (κ2) is 18.0. The first-order chi connectivity index (χ1) is 11.6. The molecule has 0 aromatic carbocycles. The second-order valence-corrected chi connectivity index (χ2v) is 14.0. The molecule has 0 heterocycles. The predicted octanol–water partition coefficient (Wildman–Crippen LogP) is 7.95. The first-order valence-electron chi connectivity index (χ1n) is 11.2. The van der Waals surface area contributed by atoms with Crippen molar-refractivity contribution >= 4 is 8.07 Å². The van der Waals surface area contributed by atoms with E-state index >= 15 is 0 Å². The van der Waals surface area contributed by atoms with Gasteiger partial charge in [0.15, 0.2) is 0 Å². The molecule has 1 nitrogen and oxygen atoms in total. The van der Waals surface area contributed by atoms with E-state index in [9.17, 15) is 0 Å². The fourth-order valence-corrected chi connectivity index (χ4v) is 5.64. The Kier molecular flexibility index (Phi) is 18.1. The van der Waals surface area contributed by atoms with Crippen molar-refractivity contribution in [3.63, 3.8) is 0 Å². The van der Waals surface area contributed by atoms with Crippen LogP contribution in [0.5, 0.6) is 0 Å². The largest absolute Gasteiger partial charge is 0.397 e. The fourth-order valence-electron chi connectivity index (χ4n) is 3.58. The van der Waals surface area contributed by atoms with Gasteiger partial charge in [-0.25, -0.2) is 0 Å². The van der Waals surface area contributed by atoms with Gasteiger partial charge in [-0.15, -0.1) is 0 Å². The third-order valence-corrected chi connectivity index (χ3v) is 8.78. The average Bonchev–Trinajstić information content (AvgIpc) is 2.54. The Morgan fingerprint density at radius 1 is 0.500 bits per heavy atom. The Balaban J connectivity index is 3.10. The maximum Gasteiger partial charge on any atom is 0.0496 e. The molecule has 0 aromatic rings. The highest BCUT2D eigenvalue weighted by atomic mass is 28.3. The van der Waals surface area contributed by atoms with Crippen molar-refractivity contribution in [1.82, 2.24) is 0 Å². The highest BCUT2D eigenvalue weighted by molar-refractivity contribution is 6.77. The normalized spacial score (nSPS) is 12.0. The van der Waals surface area contributed by atoms with Crippen LogP contribution in [0.4, 0.5) is 0 Å². The van der Waals surface area contributed by atoms with E-state index in [1.54, 1.807) is 0 Å². The molecule has 0 saturated heterocycles. The number of rotatable bonds is 19. The Morgan fingerprint density at radius 2 is 0.833 bits per heavy atom. The van der Waals surface area contributed by atoms with Gasteiger partial charge in [-0.3, -0.25) is 0 Å². The van der Waals surface area contributed by atoms with E-state index in [2.05, 4.69) is 20.0 Å². The molecule has 0 bridgehead atoms. The highest BCUT2D eigenvalue weighted by Gasteiger charge is 2.18. The molecule has 1 N–H and O–H groups in total. The summed E-state index contributed by atoms with van der Waals surface area (Å²) in [6, 6.07) is 2.50. The summed E-state index contributed by atoms with van der Waals surface area (Å²) in [5.74, 6) is 0. The molecular formula is C22H48OSi. The molecule has 0 spiro atoms. The van der Waals surface area contributed by atoms with Crippen LogP contribution in [0.3, 0.4) is 0 Å². The van der Waals surface area contributed by atoms with Gasteiger partial charge in [-0.1, -0.05) is 129 Å². The zero-order chi connectivity index (χ0) is 17.9. The van der Waals surface area contributed by atoms with Crippen molar-refractivity contribution < 1.29 is 5.11 Å². The lowest BCUT2D eigenvalue weighted by molar-refractivity contribution is 0.316. The summed E-state index contributed by atoms with van der Waals surface area (Å²) >= 11 is 0. The minimum atomic E-state index is -1.06. The molecular weight excluding hydrogens is 308 g/mol. The standard InChI is InChI=1S/C22H48OSi/c1-4-5-6-7-8-9-10-11-12-13-14-15-16-17-18-19-21-24(2,3)22-20-23/h23H,4-22H2,1-3H3. The van der Waals surface area contributed by atoms with Gasteiger partial charge in [0.1, 0.15) is 0 Å². The smallest absolute Gasteiger partial charge is 0.0496 e. The van der Waals surface area contributed by atoms with Crippen molar-refractivity contribution in [3.8, 4) is 0 Å². The SMILES string of the molecule is CCCCCCCCCCCCCCCCCC[Si](C)(C)CCO. The average molecular weight is 357 g/mol. The minimum absolute atomic E-state index is 0.401. The molecule has 0 aliphatic carbocycles. The number of aliphatic hydroxyl groups excluding tert-OH is 1. The molecule has 146 valence electrons. The van der Waals surface area contributed by atoms with Crippen LogP contribution in [-0.2, 0) is 0 Å². The lowest BCUT2D eigenvalue weighted by atomic mass is 10.0. The van der Waals surface area contributed by atoms with Crippen LogP contribution in [-0.4, -0.2) is 19.8 Å². The van der Waals surface area contributed by atoms with E-state index in [1.807, 2.05) is 0 Å². The zero-order valence-electron chi connectivity index (χ0n) is 17.4. The van der Waals surface area contributed by atoms with Gasteiger partial charge in [0.05, 0.1) is 0 Å². The number of unbranched alkanes of at least 4 members (excludes halogenated alkanes) is 15. The van der Waals surface area contributed by atoms with E-state index < -0.39 is 8.07 Å². The first kappa shape index (κ1) is 24.2. The van der Waals surface area contributed by atoms with Crippen LogP contribution in [0.25, 0.3) is 0 Å². The monoisotopic (exact) mass is 356 g/mol. The van der Waals surface area contributed by atoms with E-state index in [-0.39, 0.29) is 0 Å². The van der Waals surface area contributed by atoms with E-state index in [0.717, 1.165) is 6.04 Å². The third-order valence-electron chi connectivity index (χ3n) is 5.50. The van der Waals surface area contributed by atoms with Crippen molar-refractivity contribution in [3.05, 3.63) is 0 Å². The maximum atomic E-state index is 9.07. The molecule has 0 unspecified atom stereocenters. The van der Waals surface area contributed by atoms with Crippen LogP contribution in [0.2, 0.25) is 25.2 Å². The summed E-state index contributed by atoms with van der Waals surface area (Å²) in [7, 11) is -1.06. The van der Waals surface area contributed by atoms with Gasteiger partial charge in [-0.2, -0.15) is 0 Å². The number of hydrogen-bond donors (Lipinski definition) is 1. The van der Waals surface area contributed by atoms with Crippen molar-refractivity contribution in [2.24, 2.45) is 0 Å². The van der Waals surface area contributed by atoms with Crippen LogP contribution in [0.15, 0.2) is 0 Å². The van der Waals surface area contributed by atoms with Crippen LogP contribution < -0.4 is 0 Å². The lowest BCUT2D eigenvalue weighted by Gasteiger charge is -2.20. The van der Waals surface area contributed by atoms with E-state index in [0.29, 0.717) is 6.61 Å². The van der Waals surface area contributed by atoms with Crippen molar-refractivity contribution in [2.75, 3.05) is 6.61 Å². The topological polar surface area (TPSA) is 20.2 Å². The lowest BCUT2D eigenvalue weighted by Crippen LogP contribution is -2.25. The van der Waals surface area contributed by atoms with Crippen LogP contribution >= 0.6 is 0 Å². The minimum Gasteiger partial charge on any atom is -0.397 e. The molecule has 0 aliphatic rings. The van der Waals surface area contributed by atoms with Gasteiger partial charge < -0.3 is 5.11 Å². The molecule has 0 aliphatic heterocycles. The molecule has 0 radical (unpaired) electrons. The van der Waals surface area contributed by atoms with Crippen molar-refractivity contribution in [1.29, 1.82) is 0 Å². The summed E-state index contributed by atoms with van der Waals surface area (Å²) in [6.45, 7) is 7.54. The molecule has 2 heteroatoms. The first-order valence-corrected chi connectivity index (χ1v) is 14.6. The Morgan fingerprint density at radius 3 is 1.17 bits per heavy atom. The Hall–Kier alpha value is 0.177. The molecule has 0 atom stereocenters. The summed E-state index contributed by atoms with van der Waals surface area (Å²) in [5, 5.41) is 9.07. The third kappa shape index (κ3) is 18.5.